The van der Waals surface area contributed by atoms with Crippen molar-refractivity contribution in [1.82, 2.24) is 0 Å². The third-order valence-electron chi connectivity index (χ3n) is 0.554. The number of hydrogen-bond donors (Lipinski definition) is 0. The van der Waals surface area contributed by atoms with E-state index in [2.05, 4.69) is 28.9 Å². The van der Waals surface area contributed by atoms with Crippen LogP contribution in [0.1, 0.15) is 0 Å². The van der Waals surface area contributed by atoms with Crippen molar-refractivity contribution in [3.05, 3.63) is 0 Å². The van der Waals surface area contributed by atoms with Crippen molar-refractivity contribution in [2.75, 3.05) is 6.61 Å². The Morgan fingerprint density at radius 3 is 2.70 bits per heavy atom. The van der Waals surface area contributed by atoms with Crippen LogP contribution in [0, 0.1) is 36.5 Å². The molecule has 0 fully saturated rings. The van der Waals surface area contributed by atoms with Gasteiger partial charge in [0.25, 0.3) is 0 Å². The Labute approximate surface area is 59.6 Å². The molecule has 0 amide bonds. The van der Waals surface area contributed by atoms with Crippen LogP contribution in [0.4, 0.5) is 0 Å². The lowest BCUT2D eigenvalue weighted by Gasteiger charge is -1.88. The summed E-state index contributed by atoms with van der Waals surface area (Å²) in [6.45, 7) is -0.0484. The summed E-state index contributed by atoms with van der Waals surface area (Å²) in [5, 5.41) is 0. The molecule has 10 heavy (non-hydrogen) atoms. The summed E-state index contributed by atoms with van der Waals surface area (Å²) >= 11 is 0. The smallest absolute Gasteiger partial charge is 0.385 e. The highest BCUT2D eigenvalue weighted by molar-refractivity contribution is 5.87. The Hall–Kier alpha value is -1.85. The van der Waals surface area contributed by atoms with Crippen LogP contribution in [0.5, 0.6) is 0 Å². The molecule has 0 rings (SSSR count). The van der Waals surface area contributed by atoms with Crippen LogP contribution in [0.2, 0.25) is 0 Å². The van der Waals surface area contributed by atoms with Crippen molar-refractivity contribution in [2.45, 2.75) is 0 Å². The highest BCUT2D eigenvalue weighted by atomic mass is 16.5. The minimum atomic E-state index is -0.730. The number of ether oxygens (including phenoxy) is 1. The van der Waals surface area contributed by atoms with Crippen LogP contribution in [-0.2, 0) is 9.53 Å². The summed E-state index contributed by atoms with van der Waals surface area (Å²) in [6, 6.07) is 0. The lowest BCUT2D eigenvalue weighted by molar-refractivity contribution is -0.135. The van der Waals surface area contributed by atoms with Gasteiger partial charge in [0.1, 0.15) is 0 Å². The van der Waals surface area contributed by atoms with Gasteiger partial charge in [-0.3, -0.25) is 0 Å². The number of terminal acetylenes is 2. The molecule has 0 aromatic rings. The van der Waals surface area contributed by atoms with E-state index >= 15 is 0 Å². The van der Waals surface area contributed by atoms with Gasteiger partial charge in [0.05, 0.1) is 0 Å². The maximum atomic E-state index is 10.2. The molecule has 0 aliphatic heterocycles. The fraction of sp³-hybridized carbons (Fsp3) is 0.125. The molecule has 0 bridgehead atoms. The van der Waals surface area contributed by atoms with Gasteiger partial charge in [-0.2, -0.15) is 0 Å². The third-order valence-corrected chi connectivity index (χ3v) is 0.554. The normalized spacial score (nSPS) is 5.80. The van der Waals surface area contributed by atoms with Crippen LogP contribution in [0.15, 0.2) is 0 Å². The topological polar surface area (TPSA) is 26.3 Å². The maximum Gasteiger partial charge on any atom is 0.385 e. The largest absolute Gasteiger partial charge is 0.443 e. The number of rotatable bonds is 1. The highest BCUT2D eigenvalue weighted by Crippen LogP contribution is 1.72. The number of esters is 1. The average Bonchev–Trinajstić information content (AvgIpc) is 1.98. The Balaban J connectivity index is 3.51. The number of hydrogen-bond acceptors (Lipinski definition) is 2. The van der Waals surface area contributed by atoms with Gasteiger partial charge >= 0.3 is 5.97 Å². The first kappa shape index (κ1) is 8.15. The van der Waals surface area contributed by atoms with Crippen molar-refractivity contribution in [3.63, 3.8) is 0 Å². The summed E-state index contributed by atoms with van der Waals surface area (Å²) in [4.78, 5) is 10.2. The number of carbonyl (C=O) groups is 1. The molecule has 0 spiro atoms. The molecule has 0 saturated carbocycles. The van der Waals surface area contributed by atoms with Crippen molar-refractivity contribution >= 4 is 5.97 Å². The van der Waals surface area contributed by atoms with Gasteiger partial charge in [-0.05, 0) is 17.8 Å². The molecule has 0 saturated heterocycles. The zero-order valence-electron chi connectivity index (χ0n) is 5.18. The van der Waals surface area contributed by atoms with E-state index in [0.717, 1.165) is 0 Å². The maximum absolute atomic E-state index is 10.2. The third kappa shape index (κ3) is 4.31. The summed E-state index contributed by atoms with van der Waals surface area (Å²) in [6.07, 6.45) is 9.45. The van der Waals surface area contributed by atoms with Crippen molar-refractivity contribution < 1.29 is 9.53 Å². The predicted octanol–water partition coefficient (Wildman–Crippen LogP) is -0.201. The van der Waals surface area contributed by atoms with Gasteiger partial charge < -0.3 is 4.74 Å². The second-order valence-corrected chi connectivity index (χ2v) is 1.17. The molecule has 0 aliphatic rings. The van der Waals surface area contributed by atoms with Crippen LogP contribution < -0.4 is 0 Å². The van der Waals surface area contributed by atoms with E-state index in [-0.39, 0.29) is 6.61 Å². The van der Waals surface area contributed by atoms with Crippen molar-refractivity contribution in [2.24, 2.45) is 0 Å². The lowest BCUT2D eigenvalue weighted by atomic mass is 10.6. The van der Waals surface area contributed by atoms with E-state index in [1.54, 1.807) is 5.92 Å². The predicted molar refractivity (Wildman–Crippen MR) is 36.4 cm³/mol. The van der Waals surface area contributed by atoms with Gasteiger partial charge in [0.15, 0.2) is 6.61 Å². The minimum absolute atomic E-state index is 0.0484. The first-order valence-electron chi connectivity index (χ1n) is 2.38. The molecular weight excluding hydrogens is 128 g/mol. The Morgan fingerprint density at radius 1 is 1.50 bits per heavy atom. The zero-order valence-corrected chi connectivity index (χ0v) is 5.18. The molecule has 0 atom stereocenters. The molecule has 0 aromatic carbocycles. The molecule has 0 aliphatic carbocycles. The van der Waals surface area contributed by atoms with Crippen LogP contribution in [-0.4, -0.2) is 12.6 Å². The van der Waals surface area contributed by atoms with Gasteiger partial charge in [-0.25, -0.2) is 4.79 Å². The first-order chi connectivity index (χ1) is 4.81. The summed E-state index contributed by atoms with van der Waals surface area (Å²) < 4.78 is 4.35. The van der Waals surface area contributed by atoms with Crippen molar-refractivity contribution in [1.29, 1.82) is 0 Å². The van der Waals surface area contributed by atoms with Gasteiger partial charge in [-0.1, -0.05) is 0 Å². The molecule has 0 aromatic heterocycles. The summed E-state index contributed by atoms with van der Waals surface area (Å²) in [7, 11) is 0. The molecule has 2 heteroatoms. The Bertz CT molecular complexity index is 252. The highest BCUT2D eigenvalue weighted by Gasteiger charge is 1.89. The average molecular weight is 132 g/mol. The minimum Gasteiger partial charge on any atom is -0.443 e. The first-order valence-corrected chi connectivity index (χ1v) is 2.38. The van der Waals surface area contributed by atoms with E-state index in [0.29, 0.717) is 0 Å². The van der Waals surface area contributed by atoms with Crippen molar-refractivity contribution in [3.8, 4) is 36.5 Å². The van der Waals surface area contributed by atoms with Gasteiger partial charge in [0.2, 0.25) is 0 Å². The van der Waals surface area contributed by atoms with E-state index in [4.69, 9.17) is 6.42 Å². The van der Waals surface area contributed by atoms with E-state index in [1.165, 1.54) is 0 Å². The van der Waals surface area contributed by atoms with Crippen LogP contribution >= 0.6 is 0 Å². The quantitative estimate of drug-likeness (QED) is 0.280. The fourth-order valence-corrected chi connectivity index (χ4v) is 0.230. The lowest BCUT2D eigenvalue weighted by Crippen LogP contribution is -1.99. The van der Waals surface area contributed by atoms with E-state index in [1.807, 2.05) is 0 Å². The molecular formula is C8H4O2. The molecule has 0 heterocycles. The second-order valence-electron chi connectivity index (χ2n) is 1.17. The van der Waals surface area contributed by atoms with Gasteiger partial charge in [0, 0.05) is 5.92 Å². The summed E-state index contributed by atoms with van der Waals surface area (Å²) in [5.41, 5.74) is 0. The summed E-state index contributed by atoms with van der Waals surface area (Å²) in [5.74, 6) is 7.72. The van der Waals surface area contributed by atoms with E-state index in [9.17, 15) is 4.79 Å². The Morgan fingerprint density at radius 2 is 2.20 bits per heavy atom. The monoisotopic (exact) mass is 132 g/mol. The van der Waals surface area contributed by atoms with Gasteiger partial charge in [-0.15, -0.1) is 12.8 Å². The molecule has 0 unspecified atom stereocenters. The molecule has 48 valence electrons. The van der Waals surface area contributed by atoms with Crippen LogP contribution in [0.3, 0.4) is 0 Å². The fourth-order valence-electron chi connectivity index (χ4n) is 0.230. The number of carbonyl (C=O) groups excluding carboxylic acids is 1. The molecule has 0 N–H and O–H groups in total. The second kappa shape index (κ2) is 5.29. The van der Waals surface area contributed by atoms with Crippen LogP contribution in [0.25, 0.3) is 0 Å². The molecule has 2 nitrogen and oxygen atoms in total. The standard InChI is InChI=1S/C8H4O2/c1-3-5-6-7-10-8(9)4-2/h1-2H,7H2. The van der Waals surface area contributed by atoms with E-state index < -0.39 is 5.97 Å². The molecule has 0 radical (unpaired) electrons. The Kier molecular flexibility index (Phi) is 4.31. The SMILES string of the molecule is C#CC#CCOC(=O)C#C. The zero-order chi connectivity index (χ0) is 7.82.